The summed E-state index contributed by atoms with van der Waals surface area (Å²) in [5.74, 6) is -0.186. The van der Waals surface area contributed by atoms with Crippen LogP contribution in [0.25, 0.3) is 0 Å². The smallest absolute Gasteiger partial charge is 0.273 e. The minimum Gasteiger partial charge on any atom is -0.347 e. The lowest BCUT2D eigenvalue weighted by Crippen LogP contribution is -2.43. The maximum Gasteiger partial charge on any atom is 0.273 e. The molecule has 0 saturated carbocycles. The summed E-state index contributed by atoms with van der Waals surface area (Å²) in [5.41, 5.74) is 3.15. The van der Waals surface area contributed by atoms with E-state index in [0.717, 1.165) is 26.1 Å². The van der Waals surface area contributed by atoms with E-state index >= 15 is 0 Å². The monoisotopic (exact) mass is 285 g/mol. The third kappa shape index (κ3) is 3.28. The molecule has 0 spiro atoms. The van der Waals surface area contributed by atoms with Gasteiger partial charge in [-0.25, -0.2) is 0 Å². The second-order valence-electron chi connectivity index (χ2n) is 5.48. The van der Waals surface area contributed by atoms with Gasteiger partial charge >= 0.3 is 0 Å². The summed E-state index contributed by atoms with van der Waals surface area (Å²) in [7, 11) is 0. The van der Waals surface area contributed by atoms with Crippen LogP contribution in [0.3, 0.4) is 0 Å². The van der Waals surface area contributed by atoms with Gasteiger partial charge in [-0.3, -0.25) is 9.69 Å². The number of carbonyl (C=O) groups excluding carboxylic acids is 1. The summed E-state index contributed by atoms with van der Waals surface area (Å²) in [6.07, 6.45) is 2.50. The predicted octanol–water partition coefficient (Wildman–Crippen LogP) is 0.981. The summed E-state index contributed by atoms with van der Waals surface area (Å²) in [4.78, 5) is 14.3. The van der Waals surface area contributed by atoms with Crippen molar-refractivity contribution in [2.75, 3.05) is 13.1 Å². The molecule has 0 saturated heterocycles. The van der Waals surface area contributed by atoms with E-state index < -0.39 is 0 Å². The summed E-state index contributed by atoms with van der Waals surface area (Å²) >= 11 is 0. The van der Waals surface area contributed by atoms with Crippen molar-refractivity contribution in [1.82, 2.24) is 25.6 Å². The Kier molecular flexibility index (Phi) is 3.96. The number of aromatic amines is 1. The zero-order chi connectivity index (χ0) is 14.7. The third-order valence-electron chi connectivity index (χ3n) is 3.77. The molecule has 2 aromatic rings. The zero-order valence-electron chi connectivity index (χ0n) is 12.0. The van der Waals surface area contributed by atoms with Gasteiger partial charge in [0.25, 0.3) is 5.91 Å². The fraction of sp³-hybridized carbons (Fsp3) is 0.400. The molecule has 1 aliphatic rings. The minimum absolute atomic E-state index is 0.0689. The van der Waals surface area contributed by atoms with Crippen LogP contribution in [-0.4, -0.2) is 45.3 Å². The van der Waals surface area contributed by atoms with E-state index in [0.29, 0.717) is 5.69 Å². The molecule has 2 N–H and O–H groups in total. The van der Waals surface area contributed by atoms with Crippen LogP contribution in [0.1, 0.15) is 28.5 Å². The summed E-state index contributed by atoms with van der Waals surface area (Å²) in [5, 5.41) is 12.8. The van der Waals surface area contributed by atoms with Gasteiger partial charge in [0, 0.05) is 25.7 Å². The summed E-state index contributed by atoms with van der Waals surface area (Å²) in [6, 6.07) is 8.62. The van der Waals surface area contributed by atoms with Crippen LogP contribution in [0.2, 0.25) is 0 Å². The Morgan fingerprint density at radius 3 is 3.00 bits per heavy atom. The zero-order valence-corrected chi connectivity index (χ0v) is 12.0. The van der Waals surface area contributed by atoms with E-state index in [1.807, 2.05) is 6.92 Å². The van der Waals surface area contributed by atoms with Crippen LogP contribution in [0, 0.1) is 0 Å². The van der Waals surface area contributed by atoms with Crippen molar-refractivity contribution < 1.29 is 4.79 Å². The minimum atomic E-state index is -0.186. The molecule has 1 amide bonds. The standard InChI is InChI=1S/C15H19N5O/c1-11(17-15(21)14-8-16-19-18-14)9-20-7-6-12-4-2-3-5-13(12)10-20/h2-5,8,11H,6-7,9-10H2,1H3,(H,17,21)(H,16,18,19)/t11-/m0/s1. The Hall–Kier alpha value is -2.21. The number of carbonyl (C=O) groups is 1. The van der Waals surface area contributed by atoms with Crippen LogP contribution in [-0.2, 0) is 13.0 Å². The third-order valence-corrected chi connectivity index (χ3v) is 3.77. The van der Waals surface area contributed by atoms with Crippen molar-refractivity contribution >= 4 is 5.91 Å². The highest BCUT2D eigenvalue weighted by atomic mass is 16.2. The maximum absolute atomic E-state index is 11.9. The van der Waals surface area contributed by atoms with Crippen molar-refractivity contribution in [1.29, 1.82) is 0 Å². The Bertz CT molecular complexity index is 610. The van der Waals surface area contributed by atoms with Gasteiger partial charge in [-0.2, -0.15) is 15.4 Å². The number of nitrogens with zero attached hydrogens (tertiary/aromatic N) is 3. The molecule has 3 rings (SSSR count). The first-order valence-corrected chi connectivity index (χ1v) is 7.18. The van der Waals surface area contributed by atoms with Crippen molar-refractivity contribution in [2.24, 2.45) is 0 Å². The molecule has 0 unspecified atom stereocenters. The fourth-order valence-corrected chi connectivity index (χ4v) is 2.75. The molecular weight excluding hydrogens is 266 g/mol. The maximum atomic E-state index is 11.9. The molecule has 110 valence electrons. The van der Waals surface area contributed by atoms with E-state index in [2.05, 4.69) is 49.9 Å². The second-order valence-corrected chi connectivity index (χ2v) is 5.48. The van der Waals surface area contributed by atoms with Gasteiger partial charge in [0.05, 0.1) is 6.20 Å². The Morgan fingerprint density at radius 1 is 1.43 bits per heavy atom. The Balaban J connectivity index is 1.54. The first kappa shape index (κ1) is 13.8. The van der Waals surface area contributed by atoms with E-state index in [9.17, 15) is 4.79 Å². The van der Waals surface area contributed by atoms with Gasteiger partial charge in [0.2, 0.25) is 0 Å². The van der Waals surface area contributed by atoms with Gasteiger partial charge in [-0.15, -0.1) is 0 Å². The molecule has 2 heterocycles. The van der Waals surface area contributed by atoms with E-state index in [-0.39, 0.29) is 11.9 Å². The van der Waals surface area contributed by atoms with E-state index in [1.54, 1.807) is 0 Å². The number of nitrogens with one attached hydrogen (secondary N) is 2. The molecule has 0 fully saturated rings. The normalized spacial score (nSPS) is 16.2. The number of rotatable bonds is 4. The van der Waals surface area contributed by atoms with Crippen LogP contribution in [0.4, 0.5) is 0 Å². The molecule has 1 atom stereocenters. The number of hydrogen-bond acceptors (Lipinski definition) is 4. The Morgan fingerprint density at radius 2 is 2.24 bits per heavy atom. The molecule has 21 heavy (non-hydrogen) atoms. The van der Waals surface area contributed by atoms with Crippen LogP contribution in [0.15, 0.2) is 30.5 Å². The molecule has 6 heteroatoms. The predicted molar refractivity (Wildman–Crippen MR) is 78.7 cm³/mol. The number of aromatic nitrogens is 3. The molecule has 1 aliphatic heterocycles. The second kappa shape index (κ2) is 6.05. The average molecular weight is 285 g/mol. The van der Waals surface area contributed by atoms with Gasteiger partial charge < -0.3 is 5.32 Å². The highest BCUT2D eigenvalue weighted by Crippen LogP contribution is 2.18. The Labute approximate surface area is 123 Å². The van der Waals surface area contributed by atoms with E-state index in [4.69, 9.17) is 0 Å². The molecule has 0 aliphatic carbocycles. The highest BCUT2D eigenvalue weighted by molar-refractivity contribution is 5.91. The van der Waals surface area contributed by atoms with Gasteiger partial charge in [0.15, 0.2) is 5.69 Å². The first-order valence-electron chi connectivity index (χ1n) is 7.18. The number of H-pyrrole nitrogens is 1. The topological polar surface area (TPSA) is 73.9 Å². The lowest BCUT2D eigenvalue weighted by molar-refractivity contribution is 0.0922. The molecule has 1 aromatic heterocycles. The largest absolute Gasteiger partial charge is 0.347 e. The lowest BCUT2D eigenvalue weighted by Gasteiger charge is -2.30. The highest BCUT2D eigenvalue weighted by Gasteiger charge is 2.19. The average Bonchev–Trinajstić information content (AvgIpc) is 3.01. The number of benzene rings is 1. The molecule has 6 nitrogen and oxygen atoms in total. The summed E-state index contributed by atoms with van der Waals surface area (Å²) < 4.78 is 0. The SMILES string of the molecule is C[C@@H](CN1CCc2ccccc2C1)NC(=O)c1cn[nH]n1. The van der Waals surface area contributed by atoms with Crippen molar-refractivity contribution in [3.8, 4) is 0 Å². The van der Waals surface area contributed by atoms with Crippen LogP contribution < -0.4 is 5.32 Å². The number of hydrogen-bond donors (Lipinski definition) is 2. The molecule has 0 bridgehead atoms. The van der Waals surface area contributed by atoms with Gasteiger partial charge in [-0.05, 0) is 24.5 Å². The summed E-state index contributed by atoms with van der Waals surface area (Å²) in [6.45, 7) is 4.82. The van der Waals surface area contributed by atoms with Crippen molar-refractivity contribution in [3.63, 3.8) is 0 Å². The molecule has 0 radical (unpaired) electrons. The molecule has 1 aromatic carbocycles. The molecular formula is C15H19N5O. The quantitative estimate of drug-likeness (QED) is 0.878. The lowest BCUT2D eigenvalue weighted by atomic mass is 10.00. The fourth-order valence-electron chi connectivity index (χ4n) is 2.75. The number of amides is 1. The van der Waals surface area contributed by atoms with Gasteiger partial charge in [0.1, 0.15) is 0 Å². The van der Waals surface area contributed by atoms with Crippen molar-refractivity contribution in [3.05, 3.63) is 47.3 Å². The van der Waals surface area contributed by atoms with E-state index in [1.165, 1.54) is 17.3 Å². The van der Waals surface area contributed by atoms with Gasteiger partial charge in [-0.1, -0.05) is 24.3 Å². The van der Waals surface area contributed by atoms with Crippen LogP contribution >= 0.6 is 0 Å². The van der Waals surface area contributed by atoms with Crippen molar-refractivity contribution in [2.45, 2.75) is 25.9 Å². The van der Waals surface area contributed by atoms with Crippen LogP contribution in [0.5, 0.6) is 0 Å². The number of fused-ring (bicyclic) bond motifs is 1. The first-order chi connectivity index (χ1) is 10.2.